The van der Waals surface area contributed by atoms with E-state index in [2.05, 4.69) is 24.1 Å². The molecule has 142 valence electrons. The lowest BCUT2D eigenvalue weighted by atomic mass is 9.52. The Hall–Kier alpha value is -1.39. The van der Waals surface area contributed by atoms with Crippen molar-refractivity contribution >= 4 is 5.97 Å². The van der Waals surface area contributed by atoms with Gasteiger partial charge >= 0.3 is 5.97 Å². The monoisotopic (exact) mass is 356 g/mol. The number of likely N-dealkylation sites (N-methyl/N-ethyl adjacent to an activating group) is 1. The number of hydrogen-bond acceptors (Lipinski definition) is 4. The van der Waals surface area contributed by atoms with Gasteiger partial charge in [0.2, 0.25) is 0 Å². The molecule has 0 spiro atoms. The van der Waals surface area contributed by atoms with E-state index in [1.807, 2.05) is 19.9 Å². The molecule has 4 nitrogen and oxygen atoms in total. The number of carbonyl (C=O) groups excluding carboxylic acids is 1. The van der Waals surface area contributed by atoms with Gasteiger partial charge in [-0.1, -0.05) is 32.8 Å². The molecule has 1 heterocycles. The number of hydrogen-bond donors (Lipinski definition) is 1. The van der Waals surface area contributed by atoms with Crippen molar-refractivity contribution in [1.82, 2.24) is 4.90 Å². The van der Waals surface area contributed by atoms with Crippen LogP contribution in [0.1, 0.15) is 57.1 Å². The van der Waals surface area contributed by atoms with E-state index in [1.54, 1.807) is 0 Å². The van der Waals surface area contributed by atoms with Crippen LogP contribution in [0.25, 0.3) is 0 Å². The van der Waals surface area contributed by atoms with Gasteiger partial charge in [-0.3, -0.25) is 0 Å². The van der Waals surface area contributed by atoms with E-state index in [1.165, 1.54) is 49.8 Å². The summed E-state index contributed by atoms with van der Waals surface area (Å²) < 4.78 is 5.66. The Labute approximate surface area is 157 Å². The number of piperidine rings is 1. The molecular formula is C22H32N2O2. The number of likely N-dealkylation sites (tertiary alicyclic amines) is 1. The Balaban J connectivity index is 1.68. The second kappa shape index (κ2) is 6.65. The van der Waals surface area contributed by atoms with Crippen LogP contribution in [-0.2, 0) is 16.6 Å². The van der Waals surface area contributed by atoms with Crippen LogP contribution in [-0.4, -0.2) is 36.5 Å². The van der Waals surface area contributed by atoms with Crippen LogP contribution < -0.4 is 10.5 Å². The molecule has 2 bridgehead atoms. The summed E-state index contributed by atoms with van der Waals surface area (Å²) >= 11 is 0. The van der Waals surface area contributed by atoms with E-state index < -0.39 is 6.04 Å². The Kier molecular flexibility index (Phi) is 4.60. The van der Waals surface area contributed by atoms with Gasteiger partial charge < -0.3 is 15.4 Å². The van der Waals surface area contributed by atoms with Gasteiger partial charge in [-0.2, -0.15) is 0 Å². The quantitative estimate of drug-likeness (QED) is 0.667. The highest BCUT2D eigenvalue weighted by molar-refractivity contribution is 5.78. The van der Waals surface area contributed by atoms with Crippen LogP contribution in [0.15, 0.2) is 18.2 Å². The third kappa shape index (κ3) is 2.78. The average molecular weight is 357 g/mol. The second-order valence-electron chi connectivity index (χ2n) is 9.02. The summed E-state index contributed by atoms with van der Waals surface area (Å²) in [5, 5.41) is 0. The minimum atomic E-state index is -0.570. The number of carbonyl (C=O) groups is 1. The van der Waals surface area contributed by atoms with Gasteiger partial charge in [0.1, 0.15) is 11.8 Å². The van der Waals surface area contributed by atoms with E-state index in [4.69, 9.17) is 10.5 Å². The molecule has 1 aromatic rings. The van der Waals surface area contributed by atoms with Gasteiger partial charge in [-0.15, -0.1) is 0 Å². The molecule has 1 aromatic carbocycles. The molecule has 3 aliphatic rings. The zero-order valence-corrected chi connectivity index (χ0v) is 16.3. The predicted octanol–water partition coefficient (Wildman–Crippen LogP) is 3.26. The van der Waals surface area contributed by atoms with Crippen LogP contribution >= 0.6 is 0 Å². The third-order valence-corrected chi connectivity index (χ3v) is 7.29. The summed E-state index contributed by atoms with van der Waals surface area (Å²) in [4.78, 5) is 14.9. The van der Waals surface area contributed by atoms with Crippen molar-refractivity contribution in [2.75, 3.05) is 13.6 Å². The van der Waals surface area contributed by atoms with Crippen LogP contribution in [0.2, 0.25) is 0 Å². The normalized spacial score (nSPS) is 31.9. The molecule has 4 rings (SSSR count). The lowest BCUT2D eigenvalue weighted by molar-refractivity contribution is -0.136. The van der Waals surface area contributed by atoms with Crippen LogP contribution in [0.3, 0.4) is 0 Å². The Morgan fingerprint density at radius 1 is 1.31 bits per heavy atom. The highest BCUT2D eigenvalue weighted by atomic mass is 16.5. The van der Waals surface area contributed by atoms with E-state index in [0.29, 0.717) is 11.8 Å². The molecule has 2 fully saturated rings. The highest BCUT2D eigenvalue weighted by Crippen LogP contribution is 2.55. The Morgan fingerprint density at radius 2 is 2.12 bits per heavy atom. The maximum absolute atomic E-state index is 12.3. The Bertz CT molecular complexity index is 701. The van der Waals surface area contributed by atoms with Crippen molar-refractivity contribution in [3.8, 4) is 5.75 Å². The van der Waals surface area contributed by atoms with Crippen molar-refractivity contribution in [2.45, 2.75) is 69.9 Å². The number of rotatable bonds is 3. The summed E-state index contributed by atoms with van der Waals surface area (Å²) in [5.41, 5.74) is 9.16. The zero-order chi connectivity index (χ0) is 18.5. The highest BCUT2D eigenvalue weighted by Gasteiger charge is 2.53. The summed E-state index contributed by atoms with van der Waals surface area (Å²) in [6.45, 7) is 5.06. The van der Waals surface area contributed by atoms with Crippen LogP contribution in [0.4, 0.5) is 0 Å². The summed E-state index contributed by atoms with van der Waals surface area (Å²) in [7, 11) is 2.29. The van der Waals surface area contributed by atoms with Gasteiger partial charge in [-0.05, 0) is 74.4 Å². The molecule has 2 N–H and O–H groups in total. The zero-order valence-electron chi connectivity index (χ0n) is 16.3. The number of nitrogens with zero attached hydrogens (tertiary/aromatic N) is 1. The summed E-state index contributed by atoms with van der Waals surface area (Å²) in [6.07, 6.45) is 7.62. The maximum Gasteiger partial charge on any atom is 0.328 e. The van der Waals surface area contributed by atoms with Crippen molar-refractivity contribution in [1.29, 1.82) is 0 Å². The minimum absolute atomic E-state index is 0.0797. The van der Waals surface area contributed by atoms with E-state index in [9.17, 15) is 4.79 Å². The Morgan fingerprint density at radius 3 is 2.88 bits per heavy atom. The lowest BCUT2D eigenvalue weighted by Crippen LogP contribution is -2.59. The van der Waals surface area contributed by atoms with Gasteiger partial charge in [0.25, 0.3) is 0 Å². The molecule has 0 amide bonds. The van der Waals surface area contributed by atoms with Crippen molar-refractivity contribution < 1.29 is 9.53 Å². The first-order valence-corrected chi connectivity index (χ1v) is 10.2. The van der Waals surface area contributed by atoms with Crippen molar-refractivity contribution in [3.05, 3.63) is 29.3 Å². The van der Waals surface area contributed by atoms with Crippen LogP contribution in [0, 0.1) is 11.8 Å². The minimum Gasteiger partial charge on any atom is -0.425 e. The smallest absolute Gasteiger partial charge is 0.328 e. The SMILES string of the molecule is CC(C)C(N)C(=O)Oc1ccc2c(c1)C13CCCCC1C(C2)N(C)CC3. The molecule has 1 saturated heterocycles. The topological polar surface area (TPSA) is 55.6 Å². The largest absolute Gasteiger partial charge is 0.425 e. The molecule has 4 heteroatoms. The standard InChI is InChI=1S/C22H32N2O2/c1-14(2)20(23)21(25)26-16-8-7-15-12-19-17-6-4-5-9-22(17,18(15)13-16)10-11-24(19)3/h7-8,13-14,17,19-20H,4-6,9-12,23H2,1-3H3. The number of benzene rings is 1. The molecule has 4 unspecified atom stereocenters. The first kappa shape index (κ1) is 18.0. The van der Waals surface area contributed by atoms with Gasteiger partial charge in [0.15, 0.2) is 0 Å². The predicted molar refractivity (Wildman–Crippen MR) is 103 cm³/mol. The number of nitrogens with two attached hydrogens (primary N) is 1. The van der Waals surface area contributed by atoms with Crippen LogP contribution in [0.5, 0.6) is 5.75 Å². The third-order valence-electron chi connectivity index (χ3n) is 7.29. The molecule has 1 aliphatic heterocycles. The fourth-order valence-corrected chi connectivity index (χ4v) is 5.70. The van der Waals surface area contributed by atoms with Crippen molar-refractivity contribution in [3.63, 3.8) is 0 Å². The van der Waals surface area contributed by atoms with E-state index in [0.717, 1.165) is 12.3 Å². The average Bonchev–Trinajstić information content (AvgIpc) is 2.64. The fraction of sp³-hybridized carbons (Fsp3) is 0.682. The molecule has 26 heavy (non-hydrogen) atoms. The number of fused-ring (bicyclic) bond motifs is 1. The molecule has 4 atom stereocenters. The second-order valence-corrected chi connectivity index (χ2v) is 9.02. The lowest BCUT2D eigenvalue weighted by Gasteiger charge is -2.58. The molecule has 1 saturated carbocycles. The van der Waals surface area contributed by atoms with E-state index in [-0.39, 0.29) is 17.3 Å². The first-order valence-electron chi connectivity index (χ1n) is 10.2. The summed E-state index contributed by atoms with van der Waals surface area (Å²) in [5.74, 6) is 1.16. The van der Waals surface area contributed by atoms with Gasteiger partial charge in [0, 0.05) is 11.5 Å². The number of esters is 1. The van der Waals surface area contributed by atoms with E-state index >= 15 is 0 Å². The molecule has 2 aliphatic carbocycles. The first-order chi connectivity index (χ1) is 12.4. The maximum atomic E-state index is 12.3. The summed E-state index contributed by atoms with van der Waals surface area (Å²) in [6, 6.07) is 6.41. The molecular weight excluding hydrogens is 324 g/mol. The molecule has 0 radical (unpaired) electrons. The fourth-order valence-electron chi connectivity index (χ4n) is 5.70. The van der Waals surface area contributed by atoms with Gasteiger partial charge in [-0.25, -0.2) is 4.79 Å². The number of ether oxygens (including phenoxy) is 1. The van der Waals surface area contributed by atoms with Crippen molar-refractivity contribution in [2.24, 2.45) is 17.6 Å². The van der Waals surface area contributed by atoms with Gasteiger partial charge in [0.05, 0.1) is 0 Å². The molecule has 0 aromatic heterocycles.